The van der Waals surface area contributed by atoms with E-state index in [1.165, 1.54) is 6.08 Å². The fourth-order valence-electron chi connectivity index (χ4n) is 3.83. The van der Waals surface area contributed by atoms with Crippen molar-refractivity contribution in [1.82, 2.24) is 14.8 Å². The average Bonchev–Trinajstić information content (AvgIpc) is 3.14. The third-order valence-electron chi connectivity index (χ3n) is 4.94. The number of aromatic nitrogens is 1. The van der Waals surface area contributed by atoms with Crippen molar-refractivity contribution in [2.24, 2.45) is 5.92 Å². The number of carbonyl (C=O) groups is 1. The smallest absolute Gasteiger partial charge is 0.250 e. The van der Waals surface area contributed by atoms with E-state index in [1.54, 1.807) is 30.5 Å². The minimum absolute atomic E-state index is 0.0598. The molecule has 2 aromatic heterocycles. The van der Waals surface area contributed by atoms with Gasteiger partial charge in [0.15, 0.2) is 5.11 Å². The minimum atomic E-state index is -0.279. The van der Waals surface area contributed by atoms with Gasteiger partial charge in [-0.1, -0.05) is 6.07 Å². The van der Waals surface area contributed by atoms with Crippen LogP contribution in [0.1, 0.15) is 23.8 Å². The van der Waals surface area contributed by atoms with E-state index in [2.05, 4.69) is 5.32 Å². The Morgan fingerprint density at radius 2 is 2.12 bits per heavy atom. The first-order valence-corrected chi connectivity index (χ1v) is 9.02. The normalized spacial score (nSPS) is 21.5. The molecule has 1 fully saturated rings. The Hall–Kier alpha value is -2.67. The molecule has 2 atom stereocenters. The van der Waals surface area contributed by atoms with Gasteiger partial charge in [0.1, 0.15) is 5.76 Å². The van der Waals surface area contributed by atoms with Gasteiger partial charge < -0.3 is 13.9 Å². The lowest BCUT2D eigenvalue weighted by molar-refractivity contribution is -0.115. The first-order chi connectivity index (χ1) is 12.6. The SMILES string of the molecule is O=C(/C=C/c1ccco1)NC(=S)N1C[C@@H]2C[C@H](C1)c1cccc(=O)n1C2. The maximum atomic E-state index is 12.1. The fourth-order valence-corrected chi connectivity index (χ4v) is 4.08. The first kappa shape index (κ1) is 16.8. The lowest BCUT2D eigenvalue weighted by atomic mass is 9.83. The van der Waals surface area contributed by atoms with Crippen LogP contribution in [0.15, 0.2) is 51.9 Å². The van der Waals surface area contributed by atoms with E-state index in [0.29, 0.717) is 29.9 Å². The summed E-state index contributed by atoms with van der Waals surface area (Å²) in [5.74, 6) is 0.944. The van der Waals surface area contributed by atoms with Gasteiger partial charge in [-0.2, -0.15) is 0 Å². The van der Waals surface area contributed by atoms with E-state index in [0.717, 1.165) is 18.7 Å². The van der Waals surface area contributed by atoms with Crippen molar-refractivity contribution in [2.75, 3.05) is 13.1 Å². The molecule has 0 aromatic carbocycles. The van der Waals surface area contributed by atoms with Crippen LogP contribution in [-0.4, -0.2) is 33.6 Å². The van der Waals surface area contributed by atoms with Gasteiger partial charge in [-0.25, -0.2) is 0 Å². The van der Waals surface area contributed by atoms with Crippen molar-refractivity contribution in [3.8, 4) is 0 Å². The van der Waals surface area contributed by atoms with Crippen LogP contribution in [-0.2, 0) is 11.3 Å². The molecule has 2 aliphatic heterocycles. The highest BCUT2D eigenvalue weighted by atomic mass is 32.1. The Bertz CT molecular complexity index is 916. The third-order valence-corrected chi connectivity index (χ3v) is 5.30. The molecule has 134 valence electrons. The fraction of sp³-hybridized carbons (Fsp3) is 0.316. The average molecular weight is 369 g/mol. The molecule has 4 heterocycles. The second-order valence-electron chi connectivity index (χ2n) is 6.75. The zero-order chi connectivity index (χ0) is 18.1. The molecule has 0 radical (unpaired) electrons. The van der Waals surface area contributed by atoms with Crippen LogP contribution >= 0.6 is 12.2 Å². The zero-order valence-corrected chi connectivity index (χ0v) is 14.9. The van der Waals surface area contributed by atoms with Gasteiger partial charge in [-0.15, -0.1) is 0 Å². The summed E-state index contributed by atoms with van der Waals surface area (Å²) in [6.07, 6.45) is 5.61. The highest BCUT2D eigenvalue weighted by Crippen LogP contribution is 2.34. The standard InChI is InChI=1S/C19H19N3O3S/c23-17(7-6-15-3-2-8-25-15)20-19(26)21-10-13-9-14(12-21)16-4-1-5-18(24)22(16)11-13/h1-8,13-14H,9-12H2,(H,20,23,26)/b7-6+/t13-,14+/m0/s1. The molecule has 2 bridgehead atoms. The maximum absolute atomic E-state index is 12.1. The number of pyridine rings is 1. The van der Waals surface area contributed by atoms with Crippen molar-refractivity contribution in [3.63, 3.8) is 0 Å². The number of amides is 1. The number of hydrogen-bond acceptors (Lipinski definition) is 4. The number of nitrogens with zero attached hydrogens (tertiary/aromatic N) is 2. The summed E-state index contributed by atoms with van der Waals surface area (Å²) in [5, 5.41) is 3.19. The second-order valence-corrected chi connectivity index (χ2v) is 7.13. The summed E-state index contributed by atoms with van der Waals surface area (Å²) in [5.41, 5.74) is 1.12. The van der Waals surface area contributed by atoms with Gasteiger partial charge in [-0.05, 0) is 48.8 Å². The first-order valence-electron chi connectivity index (χ1n) is 8.61. The molecule has 0 spiro atoms. The van der Waals surface area contributed by atoms with Crippen LogP contribution in [0.2, 0.25) is 0 Å². The van der Waals surface area contributed by atoms with Crippen LogP contribution < -0.4 is 10.9 Å². The number of carbonyl (C=O) groups excluding carboxylic acids is 1. The van der Waals surface area contributed by atoms with Crippen LogP contribution in [0.4, 0.5) is 0 Å². The molecule has 7 heteroatoms. The van der Waals surface area contributed by atoms with Crippen molar-refractivity contribution < 1.29 is 9.21 Å². The van der Waals surface area contributed by atoms with E-state index in [9.17, 15) is 9.59 Å². The summed E-state index contributed by atoms with van der Waals surface area (Å²) in [4.78, 5) is 26.2. The van der Waals surface area contributed by atoms with Gasteiger partial charge in [0.05, 0.1) is 6.26 Å². The lowest BCUT2D eigenvalue weighted by Gasteiger charge is -2.43. The van der Waals surface area contributed by atoms with Gasteiger partial charge in [0, 0.05) is 43.4 Å². The molecular weight excluding hydrogens is 350 g/mol. The molecular formula is C19H19N3O3S. The van der Waals surface area contributed by atoms with Crippen molar-refractivity contribution in [2.45, 2.75) is 18.9 Å². The van der Waals surface area contributed by atoms with Crippen LogP contribution in [0.3, 0.4) is 0 Å². The molecule has 6 nitrogen and oxygen atoms in total. The minimum Gasteiger partial charge on any atom is -0.465 e. The van der Waals surface area contributed by atoms with Gasteiger partial charge in [0.2, 0.25) is 5.91 Å². The molecule has 1 N–H and O–H groups in total. The number of fused-ring (bicyclic) bond motifs is 4. The molecule has 1 amide bonds. The molecule has 0 saturated carbocycles. The Balaban J connectivity index is 1.42. The second kappa shape index (κ2) is 6.92. The molecule has 2 aromatic rings. The van der Waals surface area contributed by atoms with Crippen molar-refractivity contribution in [3.05, 3.63) is 64.5 Å². The maximum Gasteiger partial charge on any atom is 0.250 e. The Labute approximate surface area is 156 Å². The van der Waals surface area contributed by atoms with E-state index in [-0.39, 0.29) is 17.4 Å². The number of furan rings is 1. The molecule has 0 aliphatic carbocycles. The third kappa shape index (κ3) is 3.35. The predicted octanol–water partition coefficient (Wildman–Crippen LogP) is 1.97. The summed E-state index contributed by atoms with van der Waals surface area (Å²) in [6, 6.07) is 8.97. The van der Waals surface area contributed by atoms with Crippen LogP contribution in [0, 0.1) is 5.92 Å². The molecule has 26 heavy (non-hydrogen) atoms. The Kier molecular flexibility index (Phi) is 4.46. The van der Waals surface area contributed by atoms with Gasteiger partial charge in [-0.3, -0.25) is 14.9 Å². The lowest BCUT2D eigenvalue weighted by Crippen LogP contribution is -2.52. The van der Waals surface area contributed by atoms with E-state index in [4.69, 9.17) is 16.6 Å². The molecule has 4 rings (SSSR count). The number of nitrogens with one attached hydrogen (secondary N) is 1. The van der Waals surface area contributed by atoms with E-state index < -0.39 is 0 Å². The van der Waals surface area contributed by atoms with Crippen LogP contribution in [0.25, 0.3) is 6.08 Å². The molecule has 1 saturated heterocycles. The van der Waals surface area contributed by atoms with Gasteiger partial charge in [0.25, 0.3) is 5.56 Å². The van der Waals surface area contributed by atoms with Crippen molar-refractivity contribution >= 4 is 29.3 Å². The number of piperidine rings is 1. The topological polar surface area (TPSA) is 67.5 Å². The zero-order valence-electron chi connectivity index (χ0n) is 14.1. The summed E-state index contributed by atoms with van der Waals surface area (Å²) in [6.45, 7) is 2.16. The highest BCUT2D eigenvalue weighted by Gasteiger charge is 2.35. The predicted molar refractivity (Wildman–Crippen MR) is 102 cm³/mol. The number of thiocarbonyl (C=S) groups is 1. The summed E-state index contributed by atoms with van der Waals surface area (Å²) in [7, 11) is 0. The Morgan fingerprint density at radius 3 is 2.92 bits per heavy atom. The number of rotatable bonds is 2. The van der Waals surface area contributed by atoms with Crippen LogP contribution in [0.5, 0.6) is 0 Å². The number of likely N-dealkylation sites (tertiary alicyclic amines) is 1. The highest BCUT2D eigenvalue weighted by molar-refractivity contribution is 7.80. The quantitative estimate of drug-likeness (QED) is 0.648. The van der Waals surface area contributed by atoms with Gasteiger partial charge >= 0.3 is 0 Å². The number of hydrogen-bond donors (Lipinski definition) is 1. The van der Waals surface area contributed by atoms with Crippen molar-refractivity contribution in [1.29, 1.82) is 0 Å². The summed E-state index contributed by atoms with van der Waals surface area (Å²) >= 11 is 5.43. The van der Waals surface area contributed by atoms with E-state index >= 15 is 0 Å². The molecule has 0 unspecified atom stereocenters. The summed E-state index contributed by atoms with van der Waals surface area (Å²) < 4.78 is 7.04. The molecule has 2 aliphatic rings. The monoisotopic (exact) mass is 369 g/mol. The Morgan fingerprint density at radius 1 is 1.23 bits per heavy atom. The largest absolute Gasteiger partial charge is 0.465 e. The van der Waals surface area contributed by atoms with E-state index in [1.807, 2.05) is 21.6 Å².